The molecule has 2 aromatic heterocycles. The lowest BCUT2D eigenvalue weighted by molar-refractivity contribution is 0.0934. The normalized spacial score (nSPS) is 13.4. The number of nitrogens with zero attached hydrogens (tertiary/aromatic N) is 4. The highest BCUT2D eigenvalue weighted by molar-refractivity contribution is 5.92. The summed E-state index contributed by atoms with van der Waals surface area (Å²) in [4.78, 5) is 12.3. The van der Waals surface area contributed by atoms with Crippen molar-refractivity contribution in [3.05, 3.63) is 34.9 Å². The van der Waals surface area contributed by atoms with E-state index in [9.17, 15) is 13.6 Å². The zero-order valence-electron chi connectivity index (χ0n) is 14.8. The van der Waals surface area contributed by atoms with Crippen LogP contribution in [0.1, 0.15) is 67.6 Å². The molecule has 0 saturated heterocycles. The summed E-state index contributed by atoms with van der Waals surface area (Å²) >= 11 is 0. The minimum absolute atomic E-state index is 0.0273. The molecule has 1 N–H and O–H groups in total. The molecular weight excluding hydrogens is 316 g/mol. The van der Waals surface area contributed by atoms with Crippen molar-refractivity contribution in [2.24, 2.45) is 7.05 Å². The van der Waals surface area contributed by atoms with Crippen LogP contribution in [-0.2, 0) is 12.6 Å². The number of rotatable bonds is 4. The smallest absolute Gasteiger partial charge is 0.280 e. The number of alkyl halides is 2. The summed E-state index contributed by atoms with van der Waals surface area (Å²) in [5.41, 5.74) is 1.21. The number of halogens is 2. The second kappa shape index (κ2) is 6.33. The highest BCUT2D eigenvalue weighted by atomic mass is 19.3. The average molecular weight is 339 g/mol. The number of hydrogen-bond donors (Lipinski definition) is 1. The van der Waals surface area contributed by atoms with Crippen LogP contribution in [0.4, 0.5) is 8.78 Å². The van der Waals surface area contributed by atoms with E-state index in [-0.39, 0.29) is 23.0 Å². The first kappa shape index (κ1) is 18.1. The number of aromatic nitrogens is 4. The zero-order chi connectivity index (χ0) is 18.2. The van der Waals surface area contributed by atoms with Crippen molar-refractivity contribution in [3.63, 3.8) is 0 Å². The lowest BCUT2D eigenvalue weighted by atomic mass is 10.1. The average Bonchev–Trinajstić information content (AvgIpc) is 3.01. The van der Waals surface area contributed by atoms with E-state index in [4.69, 9.17) is 0 Å². The van der Waals surface area contributed by atoms with Gasteiger partial charge in [-0.15, -0.1) is 0 Å². The van der Waals surface area contributed by atoms with Gasteiger partial charge >= 0.3 is 0 Å². The highest BCUT2D eigenvalue weighted by Gasteiger charge is 2.23. The van der Waals surface area contributed by atoms with E-state index in [1.54, 1.807) is 0 Å². The maximum atomic E-state index is 12.8. The summed E-state index contributed by atoms with van der Waals surface area (Å²) in [5.74, 6) is -0.493. The number of hydrogen-bond acceptors (Lipinski definition) is 3. The minimum Gasteiger partial charge on any atom is -0.344 e. The van der Waals surface area contributed by atoms with E-state index in [0.717, 1.165) is 22.0 Å². The molecule has 6 nitrogen and oxygen atoms in total. The van der Waals surface area contributed by atoms with Gasteiger partial charge in [-0.25, -0.2) is 8.78 Å². The second-order valence-electron chi connectivity index (χ2n) is 6.86. The van der Waals surface area contributed by atoms with Gasteiger partial charge in [0.2, 0.25) is 0 Å². The predicted molar refractivity (Wildman–Crippen MR) is 86.0 cm³/mol. The monoisotopic (exact) mass is 339 g/mol. The summed E-state index contributed by atoms with van der Waals surface area (Å²) < 4.78 is 28.5. The topological polar surface area (TPSA) is 64.7 Å². The van der Waals surface area contributed by atoms with E-state index >= 15 is 0 Å². The molecule has 2 aromatic rings. The third kappa shape index (κ3) is 3.63. The molecule has 0 aromatic carbocycles. The quantitative estimate of drug-likeness (QED) is 0.931. The van der Waals surface area contributed by atoms with E-state index in [1.165, 1.54) is 7.05 Å². The fourth-order valence-corrected chi connectivity index (χ4v) is 2.39. The Labute approximate surface area is 139 Å². The Morgan fingerprint density at radius 1 is 1.29 bits per heavy atom. The molecule has 2 heterocycles. The van der Waals surface area contributed by atoms with Crippen LogP contribution in [0.5, 0.6) is 0 Å². The molecule has 1 atom stereocenters. The number of nitrogens with one attached hydrogen (secondary N) is 1. The van der Waals surface area contributed by atoms with Gasteiger partial charge in [0.15, 0.2) is 5.69 Å². The lowest BCUT2D eigenvalue weighted by Gasteiger charge is -2.19. The van der Waals surface area contributed by atoms with Gasteiger partial charge in [0, 0.05) is 18.8 Å². The fraction of sp³-hybridized carbons (Fsp3) is 0.562. The summed E-state index contributed by atoms with van der Waals surface area (Å²) in [6.07, 6.45) is -0.780. The van der Waals surface area contributed by atoms with Gasteiger partial charge in [0.05, 0.1) is 17.3 Å². The SMILES string of the molecule is Cc1nn(C(C)(C)C)cc1C(C)NC(=O)c1cc(C(F)F)n(C)n1. The molecule has 0 saturated carbocycles. The Kier molecular flexibility index (Phi) is 4.77. The van der Waals surface area contributed by atoms with Crippen molar-refractivity contribution in [3.8, 4) is 0 Å². The van der Waals surface area contributed by atoms with Crippen LogP contribution >= 0.6 is 0 Å². The number of carbonyl (C=O) groups is 1. The van der Waals surface area contributed by atoms with Crippen molar-refractivity contribution in [1.29, 1.82) is 0 Å². The van der Waals surface area contributed by atoms with Gasteiger partial charge in [0.1, 0.15) is 5.69 Å². The Balaban J connectivity index is 2.17. The lowest BCUT2D eigenvalue weighted by Crippen LogP contribution is -2.27. The third-order valence-corrected chi connectivity index (χ3v) is 3.81. The summed E-state index contributed by atoms with van der Waals surface area (Å²) in [6.45, 7) is 9.80. The maximum absolute atomic E-state index is 12.8. The fourth-order valence-electron chi connectivity index (χ4n) is 2.39. The highest BCUT2D eigenvalue weighted by Crippen LogP contribution is 2.22. The molecule has 1 unspecified atom stereocenters. The Morgan fingerprint density at radius 3 is 2.38 bits per heavy atom. The summed E-state index contributed by atoms with van der Waals surface area (Å²) in [5, 5.41) is 11.1. The van der Waals surface area contributed by atoms with Crippen LogP contribution in [0.25, 0.3) is 0 Å². The van der Waals surface area contributed by atoms with E-state index < -0.39 is 12.3 Å². The second-order valence-corrected chi connectivity index (χ2v) is 6.86. The first-order valence-corrected chi connectivity index (χ1v) is 7.70. The standard InChI is InChI=1S/C16H23F2N5O/c1-9(11-8-23(16(3,4)5)20-10(11)2)19-15(24)12-7-13(14(17)18)22(6)21-12/h7-9,14H,1-6H3,(H,19,24). The van der Waals surface area contributed by atoms with Gasteiger partial charge in [-0.2, -0.15) is 10.2 Å². The number of amides is 1. The van der Waals surface area contributed by atoms with Crippen LogP contribution in [0.2, 0.25) is 0 Å². The Hall–Kier alpha value is -2.25. The molecule has 0 aliphatic carbocycles. The molecular formula is C16H23F2N5O. The van der Waals surface area contributed by atoms with Gasteiger partial charge in [-0.1, -0.05) is 0 Å². The van der Waals surface area contributed by atoms with Crippen LogP contribution in [0.15, 0.2) is 12.3 Å². The molecule has 24 heavy (non-hydrogen) atoms. The Bertz CT molecular complexity index is 742. The van der Waals surface area contributed by atoms with Crippen LogP contribution in [0, 0.1) is 6.92 Å². The van der Waals surface area contributed by atoms with Gasteiger partial charge < -0.3 is 5.32 Å². The van der Waals surface area contributed by atoms with Gasteiger partial charge in [-0.05, 0) is 40.7 Å². The van der Waals surface area contributed by atoms with E-state index in [1.807, 2.05) is 45.5 Å². The first-order valence-electron chi connectivity index (χ1n) is 7.70. The molecule has 2 rings (SSSR count). The number of carbonyl (C=O) groups excluding carboxylic acids is 1. The third-order valence-electron chi connectivity index (χ3n) is 3.81. The summed E-state index contributed by atoms with van der Waals surface area (Å²) in [7, 11) is 1.39. The molecule has 132 valence electrons. The van der Waals surface area contributed by atoms with E-state index in [0.29, 0.717) is 0 Å². The minimum atomic E-state index is -2.67. The summed E-state index contributed by atoms with van der Waals surface area (Å²) in [6, 6.07) is 0.795. The van der Waals surface area contributed by atoms with Crippen LogP contribution in [0.3, 0.4) is 0 Å². The van der Waals surface area contributed by atoms with Crippen molar-refractivity contribution in [2.75, 3.05) is 0 Å². The molecule has 1 amide bonds. The van der Waals surface area contributed by atoms with Crippen molar-refractivity contribution < 1.29 is 13.6 Å². The first-order chi connectivity index (χ1) is 11.0. The molecule has 8 heteroatoms. The van der Waals surface area contributed by atoms with Crippen LogP contribution in [-0.4, -0.2) is 25.5 Å². The molecule has 0 aliphatic rings. The largest absolute Gasteiger partial charge is 0.344 e. The van der Waals surface area contributed by atoms with E-state index in [2.05, 4.69) is 15.5 Å². The van der Waals surface area contributed by atoms with Gasteiger partial charge in [-0.3, -0.25) is 14.2 Å². The zero-order valence-corrected chi connectivity index (χ0v) is 14.8. The van der Waals surface area contributed by atoms with Gasteiger partial charge in [0.25, 0.3) is 12.3 Å². The van der Waals surface area contributed by atoms with Crippen molar-refractivity contribution >= 4 is 5.91 Å². The molecule has 0 fully saturated rings. The van der Waals surface area contributed by atoms with Crippen molar-refractivity contribution in [2.45, 2.75) is 52.6 Å². The van der Waals surface area contributed by atoms with Crippen LogP contribution < -0.4 is 5.32 Å². The predicted octanol–water partition coefficient (Wildman–Crippen LogP) is 3.11. The Morgan fingerprint density at radius 2 is 1.92 bits per heavy atom. The van der Waals surface area contributed by atoms with Crippen molar-refractivity contribution in [1.82, 2.24) is 24.9 Å². The molecule has 0 aliphatic heterocycles. The maximum Gasteiger partial charge on any atom is 0.280 e. The number of aryl methyl sites for hydroxylation is 2. The molecule has 0 spiro atoms. The molecule has 0 radical (unpaired) electrons. The molecule has 0 bridgehead atoms.